The van der Waals surface area contributed by atoms with Gasteiger partial charge in [-0.15, -0.1) is 0 Å². The molecule has 0 aliphatic heterocycles. The average Bonchev–Trinajstić information content (AvgIpc) is 2.68. The lowest BCUT2D eigenvalue weighted by molar-refractivity contribution is -0.146. The summed E-state index contributed by atoms with van der Waals surface area (Å²) in [5.74, 6) is -3.92. The molecule has 0 aliphatic carbocycles. The van der Waals surface area contributed by atoms with Crippen molar-refractivity contribution in [2.75, 3.05) is 25.1 Å². The minimum atomic E-state index is -1.12. The van der Waals surface area contributed by atoms with Gasteiger partial charge in [0.15, 0.2) is 18.2 Å². The topological polar surface area (TPSA) is 93.7 Å². The minimum absolute atomic E-state index is 0.0146. The van der Waals surface area contributed by atoms with Crippen LogP contribution in [0.1, 0.15) is 17.3 Å². The molecule has 0 bridgehead atoms. The first-order valence-electron chi connectivity index (χ1n) is 8.31. The normalized spacial score (nSPS) is 10.1. The number of amides is 2. The molecule has 0 aromatic heterocycles. The fraction of sp³-hybridized carbons (Fsp3) is 0.211. The Morgan fingerprint density at radius 3 is 2.50 bits per heavy atom. The minimum Gasteiger partial charge on any atom is -0.493 e. The van der Waals surface area contributed by atoms with Crippen LogP contribution < -0.4 is 15.4 Å². The maximum absolute atomic E-state index is 13.1. The lowest BCUT2D eigenvalue weighted by atomic mass is 10.2. The molecule has 0 atom stereocenters. The molecule has 0 spiro atoms. The van der Waals surface area contributed by atoms with Crippen molar-refractivity contribution in [3.8, 4) is 5.75 Å². The van der Waals surface area contributed by atoms with Gasteiger partial charge in [0.2, 0.25) is 0 Å². The van der Waals surface area contributed by atoms with E-state index in [-0.39, 0.29) is 11.3 Å². The molecule has 0 unspecified atom stereocenters. The van der Waals surface area contributed by atoms with Crippen molar-refractivity contribution in [1.82, 2.24) is 5.32 Å². The molecule has 0 radical (unpaired) electrons. The molecule has 0 aliphatic rings. The summed E-state index contributed by atoms with van der Waals surface area (Å²) in [6, 6.07) is 9.34. The number of anilines is 1. The number of nitrogens with one attached hydrogen (secondary N) is 2. The summed E-state index contributed by atoms with van der Waals surface area (Å²) in [6.07, 6.45) is 0. The zero-order valence-electron chi connectivity index (χ0n) is 15.0. The van der Waals surface area contributed by atoms with Gasteiger partial charge >= 0.3 is 5.97 Å². The molecule has 148 valence electrons. The Morgan fingerprint density at radius 2 is 1.79 bits per heavy atom. The highest BCUT2D eigenvalue weighted by Gasteiger charge is 2.14. The second-order valence-corrected chi connectivity index (χ2v) is 5.45. The molecule has 2 amide bonds. The number of carbonyl (C=O) groups is 3. The Labute approximate surface area is 159 Å². The number of ether oxygens (including phenoxy) is 2. The third-order valence-corrected chi connectivity index (χ3v) is 3.39. The summed E-state index contributed by atoms with van der Waals surface area (Å²) in [5, 5.41) is 4.62. The van der Waals surface area contributed by atoms with E-state index >= 15 is 0 Å². The highest BCUT2D eigenvalue weighted by Crippen LogP contribution is 2.17. The molecule has 2 aromatic carbocycles. The van der Waals surface area contributed by atoms with Crippen molar-refractivity contribution in [2.24, 2.45) is 0 Å². The maximum atomic E-state index is 13.1. The van der Waals surface area contributed by atoms with Gasteiger partial charge < -0.3 is 20.1 Å². The van der Waals surface area contributed by atoms with Gasteiger partial charge in [0, 0.05) is 11.8 Å². The summed E-state index contributed by atoms with van der Waals surface area (Å²) in [5.41, 5.74) is 0.272. The number of hydrogen-bond acceptors (Lipinski definition) is 5. The van der Waals surface area contributed by atoms with E-state index in [9.17, 15) is 23.2 Å². The molecule has 0 saturated carbocycles. The van der Waals surface area contributed by atoms with Crippen molar-refractivity contribution in [3.05, 3.63) is 59.7 Å². The lowest BCUT2D eigenvalue weighted by Crippen LogP contribution is -2.32. The van der Waals surface area contributed by atoms with Crippen molar-refractivity contribution in [3.63, 3.8) is 0 Å². The number of rotatable bonds is 8. The number of hydrogen-bond donors (Lipinski definition) is 2. The van der Waals surface area contributed by atoms with Gasteiger partial charge in [0.05, 0.1) is 12.2 Å². The van der Waals surface area contributed by atoms with Gasteiger partial charge in [-0.25, -0.2) is 8.78 Å². The molecule has 7 nitrogen and oxygen atoms in total. The zero-order chi connectivity index (χ0) is 20.5. The van der Waals surface area contributed by atoms with Gasteiger partial charge in [-0.2, -0.15) is 0 Å². The Kier molecular flexibility index (Phi) is 7.44. The number of halogens is 2. The molecular formula is C19H18F2N2O5. The molecule has 28 heavy (non-hydrogen) atoms. The van der Waals surface area contributed by atoms with Gasteiger partial charge in [-0.3, -0.25) is 14.4 Å². The van der Waals surface area contributed by atoms with E-state index in [2.05, 4.69) is 10.6 Å². The Morgan fingerprint density at radius 1 is 1.04 bits per heavy atom. The summed E-state index contributed by atoms with van der Waals surface area (Å²) >= 11 is 0. The largest absolute Gasteiger partial charge is 0.493 e. The fourth-order valence-corrected chi connectivity index (χ4v) is 2.15. The van der Waals surface area contributed by atoms with E-state index in [0.29, 0.717) is 12.4 Å². The molecule has 9 heteroatoms. The van der Waals surface area contributed by atoms with Crippen LogP contribution in [0.3, 0.4) is 0 Å². The van der Waals surface area contributed by atoms with E-state index in [1.54, 1.807) is 31.2 Å². The highest BCUT2D eigenvalue weighted by atomic mass is 19.2. The van der Waals surface area contributed by atoms with E-state index in [1.165, 1.54) is 0 Å². The third kappa shape index (κ3) is 6.04. The van der Waals surface area contributed by atoms with Crippen molar-refractivity contribution in [1.29, 1.82) is 0 Å². The van der Waals surface area contributed by atoms with Crippen molar-refractivity contribution < 1.29 is 32.6 Å². The first-order chi connectivity index (χ1) is 13.4. The third-order valence-electron chi connectivity index (χ3n) is 3.39. The molecule has 0 heterocycles. The average molecular weight is 392 g/mol. The summed E-state index contributed by atoms with van der Waals surface area (Å²) < 4.78 is 36.0. The summed E-state index contributed by atoms with van der Waals surface area (Å²) in [4.78, 5) is 35.5. The number of carbonyl (C=O) groups excluding carboxylic acids is 3. The van der Waals surface area contributed by atoms with Crippen LogP contribution in [0.4, 0.5) is 14.5 Å². The Bertz CT molecular complexity index is 873. The van der Waals surface area contributed by atoms with E-state index in [4.69, 9.17) is 9.47 Å². The molecular weight excluding hydrogens is 374 g/mol. The maximum Gasteiger partial charge on any atom is 0.325 e. The van der Waals surface area contributed by atoms with Crippen LogP contribution in [0.25, 0.3) is 0 Å². The van der Waals surface area contributed by atoms with Crippen LogP contribution in [0.2, 0.25) is 0 Å². The van der Waals surface area contributed by atoms with Crippen LogP contribution in [-0.2, 0) is 14.3 Å². The molecule has 2 aromatic rings. The van der Waals surface area contributed by atoms with Crippen LogP contribution >= 0.6 is 0 Å². The van der Waals surface area contributed by atoms with E-state index in [1.807, 2.05) is 0 Å². The number of esters is 1. The lowest BCUT2D eigenvalue weighted by Gasteiger charge is -2.10. The predicted octanol–water partition coefficient (Wildman–Crippen LogP) is 2.28. The number of para-hydroxylation sites is 1. The molecule has 2 rings (SSSR count). The smallest absolute Gasteiger partial charge is 0.325 e. The first kappa shape index (κ1) is 20.8. The summed E-state index contributed by atoms with van der Waals surface area (Å²) in [6.45, 7) is 1.04. The zero-order valence-corrected chi connectivity index (χ0v) is 15.0. The first-order valence-corrected chi connectivity index (χ1v) is 8.31. The quantitative estimate of drug-likeness (QED) is 0.673. The van der Waals surface area contributed by atoms with Gasteiger partial charge in [0.1, 0.15) is 12.3 Å². The van der Waals surface area contributed by atoms with Gasteiger partial charge in [-0.05, 0) is 31.2 Å². The van der Waals surface area contributed by atoms with E-state index < -0.39 is 42.6 Å². The van der Waals surface area contributed by atoms with E-state index in [0.717, 1.165) is 18.2 Å². The van der Waals surface area contributed by atoms with Gasteiger partial charge in [-0.1, -0.05) is 12.1 Å². The standard InChI is InChI=1S/C19H18F2N2O5/c1-2-27-16-6-4-3-5-13(16)19(26)22-10-18(25)28-11-17(24)23-12-7-8-14(20)15(21)9-12/h3-9H,2,10-11H2,1H3,(H,22,26)(H,23,24). The van der Waals surface area contributed by atoms with Crippen molar-refractivity contribution in [2.45, 2.75) is 6.92 Å². The second kappa shape index (κ2) is 10.0. The van der Waals surface area contributed by atoms with Crippen LogP contribution in [0.15, 0.2) is 42.5 Å². The second-order valence-electron chi connectivity index (χ2n) is 5.45. The van der Waals surface area contributed by atoms with Gasteiger partial charge in [0.25, 0.3) is 11.8 Å². The molecule has 0 saturated heterocycles. The predicted molar refractivity (Wildman–Crippen MR) is 95.9 cm³/mol. The fourth-order valence-electron chi connectivity index (χ4n) is 2.15. The monoisotopic (exact) mass is 392 g/mol. The molecule has 2 N–H and O–H groups in total. The Hall–Kier alpha value is -3.49. The van der Waals surface area contributed by atoms with Crippen molar-refractivity contribution >= 4 is 23.5 Å². The SMILES string of the molecule is CCOc1ccccc1C(=O)NCC(=O)OCC(=O)Nc1ccc(F)c(F)c1. The Balaban J connectivity index is 1.78. The molecule has 0 fully saturated rings. The van der Waals surface area contributed by atoms with Crippen LogP contribution in [0.5, 0.6) is 5.75 Å². The number of benzene rings is 2. The highest BCUT2D eigenvalue weighted by molar-refractivity contribution is 5.98. The van der Waals surface area contributed by atoms with Crippen LogP contribution in [0, 0.1) is 11.6 Å². The van der Waals surface area contributed by atoms with Crippen LogP contribution in [-0.4, -0.2) is 37.5 Å². The summed E-state index contributed by atoms with van der Waals surface area (Å²) in [7, 11) is 0.